The van der Waals surface area contributed by atoms with E-state index in [2.05, 4.69) is 54.3 Å². The van der Waals surface area contributed by atoms with Crippen LogP contribution in [0.25, 0.3) is 0 Å². The van der Waals surface area contributed by atoms with Crippen LogP contribution in [0.4, 0.5) is 0 Å². The summed E-state index contributed by atoms with van der Waals surface area (Å²) in [7, 11) is 0. The van der Waals surface area contributed by atoms with Gasteiger partial charge >= 0.3 is 0 Å². The van der Waals surface area contributed by atoms with Crippen LogP contribution < -0.4 is 0 Å². The van der Waals surface area contributed by atoms with Gasteiger partial charge in [-0.05, 0) is 68.3 Å². The van der Waals surface area contributed by atoms with Gasteiger partial charge in [0.05, 0.1) is 11.5 Å². The molecule has 154 valence electrons. The van der Waals surface area contributed by atoms with Gasteiger partial charge in [-0.15, -0.1) is 0 Å². The number of hydrogen-bond donors (Lipinski definition) is 0. The lowest BCUT2D eigenvalue weighted by molar-refractivity contribution is 0.255. The molecule has 0 bridgehead atoms. The molecule has 0 amide bonds. The van der Waals surface area contributed by atoms with Gasteiger partial charge in [0.1, 0.15) is 0 Å². The van der Waals surface area contributed by atoms with E-state index in [-0.39, 0.29) is 0 Å². The van der Waals surface area contributed by atoms with E-state index < -0.39 is 5.41 Å². The van der Waals surface area contributed by atoms with Crippen LogP contribution in [-0.2, 0) is 11.8 Å². The zero-order valence-corrected chi connectivity index (χ0v) is 18.4. The largest absolute Gasteiger partial charge is 0.303 e. The second kappa shape index (κ2) is 10.8. The summed E-state index contributed by atoms with van der Waals surface area (Å²) in [6.45, 7) is 5.37. The molecule has 0 heterocycles. The number of hydrogen-bond acceptors (Lipinski definition) is 2. The van der Waals surface area contributed by atoms with Crippen molar-refractivity contribution in [3.05, 3.63) is 70.7 Å². The molecule has 1 saturated carbocycles. The number of nitrogens with zero attached hydrogens (tertiary/aromatic N) is 2. The first-order valence-electron chi connectivity index (χ1n) is 11.1. The van der Waals surface area contributed by atoms with Crippen LogP contribution in [0.1, 0.15) is 56.6 Å². The van der Waals surface area contributed by atoms with Crippen molar-refractivity contribution in [1.82, 2.24) is 4.90 Å². The van der Waals surface area contributed by atoms with Crippen molar-refractivity contribution in [2.75, 3.05) is 19.6 Å². The molecule has 0 radical (unpaired) electrons. The number of benzene rings is 2. The van der Waals surface area contributed by atoms with Crippen LogP contribution in [0.2, 0.25) is 5.02 Å². The van der Waals surface area contributed by atoms with Gasteiger partial charge in [0.2, 0.25) is 0 Å². The molecule has 0 aliphatic heterocycles. The fraction of sp³-hybridized carbons (Fsp3) is 0.500. The molecule has 2 aromatic carbocycles. The summed E-state index contributed by atoms with van der Waals surface area (Å²) in [5, 5.41) is 11.1. The second-order valence-corrected chi connectivity index (χ2v) is 8.72. The van der Waals surface area contributed by atoms with E-state index in [1.54, 1.807) is 0 Å². The van der Waals surface area contributed by atoms with Crippen LogP contribution in [0.3, 0.4) is 0 Å². The maximum absolute atomic E-state index is 10.4. The van der Waals surface area contributed by atoms with E-state index in [0.717, 1.165) is 62.3 Å². The summed E-state index contributed by atoms with van der Waals surface area (Å²) in [5.41, 5.74) is 1.98. The van der Waals surface area contributed by atoms with E-state index in [4.69, 9.17) is 11.6 Å². The van der Waals surface area contributed by atoms with Crippen molar-refractivity contribution in [2.45, 2.75) is 57.3 Å². The topological polar surface area (TPSA) is 27.0 Å². The highest BCUT2D eigenvalue weighted by atomic mass is 35.5. The van der Waals surface area contributed by atoms with Crippen molar-refractivity contribution < 1.29 is 0 Å². The molecule has 0 saturated heterocycles. The molecule has 2 aromatic rings. The Hall–Kier alpha value is -1.82. The number of likely N-dealkylation sites (N-methyl/N-ethyl adjacent to an activating group) is 1. The van der Waals surface area contributed by atoms with E-state index in [1.165, 1.54) is 18.4 Å². The minimum atomic E-state index is -0.451. The third kappa shape index (κ3) is 5.41. The Morgan fingerprint density at radius 2 is 1.72 bits per heavy atom. The molecular formula is C26H33ClN2. The Bertz CT molecular complexity index is 792. The van der Waals surface area contributed by atoms with Gasteiger partial charge in [0, 0.05) is 11.6 Å². The van der Waals surface area contributed by atoms with Gasteiger partial charge in [0.25, 0.3) is 0 Å². The van der Waals surface area contributed by atoms with Crippen LogP contribution in [-0.4, -0.2) is 24.5 Å². The first-order valence-corrected chi connectivity index (χ1v) is 11.5. The van der Waals surface area contributed by atoms with E-state index in [0.29, 0.717) is 5.92 Å². The standard InChI is InChI=1S/C26H33ClN2/c1-2-29(20-17-22-11-4-3-5-12-22)19-10-18-26(21-28,23-13-6-7-14-23)24-15-8-9-16-25(24)27/h3-5,8-9,11-12,15-16,23H,2,6-7,10,13-14,17-20H2,1H3. The Kier molecular flexibility index (Phi) is 8.16. The van der Waals surface area contributed by atoms with Crippen molar-refractivity contribution in [1.29, 1.82) is 5.26 Å². The highest BCUT2D eigenvalue weighted by Gasteiger charge is 2.42. The maximum Gasteiger partial charge on any atom is 0.0865 e. The average molecular weight is 409 g/mol. The molecule has 29 heavy (non-hydrogen) atoms. The molecule has 0 N–H and O–H groups in total. The second-order valence-electron chi connectivity index (χ2n) is 8.32. The van der Waals surface area contributed by atoms with E-state index in [9.17, 15) is 5.26 Å². The van der Waals surface area contributed by atoms with Gasteiger partial charge in [-0.3, -0.25) is 0 Å². The lowest BCUT2D eigenvalue weighted by Crippen LogP contribution is -2.35. The fourth-order valence-corrected chi connectivity index (χ4v) is 5.25. The fourth-order valence-electron chi connectivity index (χ4n) is 4.95. The lowest BCUT2D eigenvalue weighted by Gasteiger charge is -2.35. The van der Waals surface area contributed by atoms with Gasteiger partial charge in [-0.2, -0.15) is 5.26 Å². The third-order valence-electron chi connectivity index (χ3n) is 6.66. The number of nitriles is 1. The monoisotopic (exact) mass is 408 g/mol. The van der Waals surface area contributed by atoms with Crippen LogP contribution in [0.5, 0.6) is 0 Å². The van der Waals surface area contributed by atoms with Crippen molar-refractivity contribution in [3.8, 4) is 6.07 Å². The zero-order valence-electron chi connectivity index (χ0n) is 17.6. The number of rotatable bonds is 10. The van der Waals surface area contributed by atoms with Crippen molar-refractivity contribution in [3.63, 3.8) is 0 Å². The summed E-state index contributed by atoms with van der Waals surface area (Å²) in [6, 6.07) is 21.5. The average Bonchev–Trinajstić information content (AvgIpc) is 3.30. The normalized spacial score (nSPS) is 16.6. The van der Waals surface area contributed by atoms with Crippen molar-refractivity contribution >= 4 is 11.6 Å². The Morgan fingerprint density at radius 3 is 2.38 bits per heavy atom. The molecule has 0 aromatic heterocycles. The predicted molar refractivity (Wildman–Crippen MR) is 122 cm³/mol. The quantitative estimate of drug-likeness (QED) is 0.440. The van der Waals surface area contributed by atoms with E-state index >= 15 is 0 Å². The van der Waals surface area contributed by atoms with Crippen molar-refractivity contribution in [2.24, 2.45) is 5.92 Å². The van der Waals surface area contributed by atoms with E-state index in [1.807, 2.05) is 18.2 Å². The van der Waals surface area contributed by atoms with Gasteiger partial charge in [-0.25, -0.2) is 0 Å². The Labute approximate surface area is 181 Å². The zero-order chi connectivity index (χ0) is 20.5. The van der Waals surface area contributed by atoms with Crippen LogP contribution >= 0.6 is 11.6 Å². The molecular weight excluding hydrogens is 376 g/mol. The predicted octanol–water partition coefficient (Wildman–Crippen LogP) is 6.64. The Morgan fingerprint density at radius 1 is 1.03 bits per heavy atom. The summed E-state index contributed by atoms with van der Waals surface area (Å²) < 4.78 is 0. The number of halogens is 1. The van der Waals surface area contributed by atoms with Crippen LogP contribution in [0, 0.1) is 17.2 Å². The summed E-state index contributed by atoms with van der Waals surface area (Å²) in [4.78, 5) is 2.51. The van der Waals surface area contributed by atoms with Gasteiger partial charge < -0.3 is 4.90 Å². The molecule has 1 aliphatic carbocycles. The maximum atomic E-state index is 10.4. The third-order valence-corrected chi connectivity index (χ3v) is 6.99. The summed E-state index contributed by atoms with van der Waals surface area (Å²) in [6.07, 6.45) is 7.74. The first-order chi connectivity index (χ1) is 14.2. The summed E-state index contributed by atoms with van der Waals surface area (Å²) >= 11 is 6.59. The molecule has 3 rings (SSSR count). The minimum absolute atomic E-state index is 0.423. The molecule has 1 fully saturated rings. The molecule has 2 nitrogen and oxygen atoms in total. The smallest absolute Gasteiger partial charge is 0.0865 e. The molecule has 0 spiro atoms. The highest BCUT2D eigenvalue weighted by Crippen LogP contribution is 2.47. The van der Waals surface area contributed by atoms with Gasteiger partial charge in [-0.1, -0.05) is 79.9 Å². The molecule has 1 aliphatic rings. The Balaban J connectivity index is 1.66. The van der Waals surface area contributed by atoms with Crippen LogP contribution in [0.15, 0.2) is 54.6 Å². The molecule has 1 atom stereocenters. The summed E-state index contributed by atoms with van der Waals surface area (Å²) in [5.74, 6) is 0.423. The molecule has 1 unspecified atom stereocenters. The lowest BCUT2D eigenvalue weighted by atomic mass is 9.67. The minimum Gasteiger partial charge on any atom is -0.303 e. The molecule has 3 heteroatoms. The first kappa shape index (κ1) is 21.9. The SMILES string of the molecule is CCN(CCCC(C#N)(c1ccccc1Cl)C1CCCC1)CCc1ccccc1. The van der Waals surface area contributed by atoms with Gasteiger partial charge in [0.15, 0.2) is 0 Å². The highest BCUT2D eigenvalue weighted by molar-refractivity contribution is 6.31.